The van der Waals surface area contributed by atoms with Crippen LogP contribution in [-0.4, -0.2) is 50.2 Å². The molecule has 2 aliphatic rings. The van der Waals surface area contributed by atoms with Gasteiger partial charge in [0.2, 0.25) is 15.9 Å². The van der Waals surface area contributed by atoms with Crippen molar-refractivity contribution in [3.63, 3.8) is 0 Å². The number of carbonyl (C=O) groups excluding carboxylic acids is 1. The molecule has 0 aromatic rings. The molecule has 0 atom stereocenters. The van der Waals surface area contributed by atoms with Crippen LogP contribution in [-0.2, 0) is 14.8 Å². The van der Waals surface area contributed by atoms with E-state index in [1.165, 1.54) is 0 Å². The average Bonchev–Trinajstić information content (AvgIpc) is 3.04. The molecule has 0 radical (unpaired) electrons. The number of nitrogens with zero attached hydrogens (tertiary/aromatic N) is 1. The Bertz CT molecular complexity index is 384. The van der Waals surface area contributed by atoms with E-state index < -0.39 is 15.9 Å². The molecule has 0 unspecified atom stereocenters. The maximum Gasteiger partial charge on any atom is 0.247 e. The number of nitrogens with two attached hydrogens (primary N) is 1. The van der Waals surface area contributed by atoms with Crippen molar-refractivity contribution in [3.8, 4) is 0 Å². The number of carbonyl (C=O) groups is 1. The van der Waals surface area contributed by atoms with E-state index >= 15 is 0 Å². The summed E-state index contributed by atoms with van der Waals surface area (Å²) in [4.78, 5) is 13.5. The van der Waals surface area contributed by atoms with E-state index in [0.717, 1.165) is 25.9 Å². The monoisotopic (exact) mass is 261 g/mol. The zero-order valence-electron chi connectivity index (χ0n) is 9.76. The number of piperidine rings is 1. The fraction of sp³-hybridized carbons (Fsp3) is 0.900. The molecule has 0 spiro atoms. The van der Waals surface area contributed by atoms with Crippen molar-refractivity contribution in [2.45, 2.75) is 37.0 Å². The summed E-state index contributed by atoms with van der Waals surface area (Å²) in [5.41, 5.74) is 5.75. The largest absolute Gasteiger partial charge is 0.328 e. The number of hydrogen-bond donors (Lipinski definition) is 2. The van der Waals surface area contributed by atoms with Crippen molar-refractivity contribution in [1.29, 1.82) is 0 Å². The highest BCUT2D eigenvalue weighted by Crippen LogP contribution is 2.27. The summed E-state index contributed by atoms with van der Waals surface area (Å²) in [6.45, 7) is 1.68. The number of hydrogen-bond acceptors (Lipinski definition) is 5. The van der Waals surface area contributed by atoms with E-state index in [-0.39, 0.29) is 17.8 Å². The van der Waals surface area contributed by atoms with Crippen molar-refractivity contribution < 1.29 is 13.2 Å². The Kier molecular flexibility index (Phi) is 3.70. The van der Waals surface area contributed by atoms with Gasteiger partial charge < -0.3 is 5.73 Å². The predicted molar refractivity (Wildman–Crippen MR) is 63.7 cm³/mol. The first-order chi connectivity index (χ1) is 7.97. The van der Waals surface area contributed by atoms with E-state index in [9.17, 15) is 13.2 Å². The minimum atomic E-state index is -3.40. The molecule has 0 aromatic heterocycles. The molecular formula is C10H19N3O3S. The van der Waals surface area contributed by atoms with Crippen LogP contribution in [0.1, 0.15) is 25.7 Å². The van der Waals surface area contributed by atoms with Crippen LogP contribution >= 0.6 is 0 Å². The predicted octanol–water partition coefficient (Wildman–Crippen LogP) is -0.982. The summed E-state index contributed by atoms with van der Waals surface area (Å²) in [7, 11) is -3.40. The molecule has 1 amide bonds. The molecule has 98 valence electrons. The molecule has 6 nitrogen and oxygen atoms in total. The van der Waals surface area contributed by atoms with Crippen LogP contribution in [0.4, 0.5) is 0 Å². The smallest absolute Gasteiger partial charge is 0.247 e. The van der Waals surface area contributed by atoms with E-state index in [4.69, 9.17) is 5.73 Å². The first-order valence-electron chi connectivity index (χ1n) is 6.00. The number of amides is 1. The van der Waals surface area contributed by atoms with Crippen LogP contribution in [0.25, 0.3) is 0 Å². The van der Waals surface area contributed by atoms with Crippen molar-refractivity contribution >= 4 is 15.9 Å². The van der Waals surface area contributed by atoms with Crippen LogP contribution < -0.4 is 10.5 Å². The van der Waals surface area contributed by atoms with Gasteiger partial charge in [-0.3, -0.25) is 14.4 Å². The van der Waals surface area contributed by atoms with Gasteiger partial charge in [0.25, 0.3) is 0 Å². The average molecular weight is 261 g/mol. The maximum absolute atomic E-state index is 11.6. The topological polar surface area (TPSA) is 92.5 Å². The Hall–Kier alpha value is -0.660. The van der Waals surface area contributed by atoms with Crippen LogP contribution in [0.15, 0.2) is 0 Å². The Balaban J connectivity index is 1.77. The lowest BCUT2D eigenvalue weighted by Crippen LogP contribution is -2.46. The minimum absolute atomic E-state index is 0.151. The van der Waals surface area contributed by atoms with E-state index in [2.05, 4.69) is 4.72 Å². The quantitative estimate of drug-likeness (QED) is 0.678. The Morgan fingerprint density at radius 2 is 1.82 bits per heavy atom. The summed E-state index contributed by atoms with van der Waals surface area (Å²) in [6, 6.07) is 0.213. The zero-order valence-corrected chi connectivity index (χ0v) is 10.6. The number of rotatable bonds is 4. The Labute approximate surface area is 102 Å². The molecule has 17 heavy (non-hydrogen) atoms. The van der Waals surface area contributed by atoms with Crippen LogP contribution in [0.3, 0.4) is 0 Å². The van der Waals surface area contributed by atoms with E-state index in [0.29, 0.717) is 12.8 Å². The molecule has 0 bridgehead atoms. The van der Waals surface area contributed by atoms with E-state index in [1.807, 2.05) is 4.90 Å². The molecule has 1 aliphatic carbocycles. The van der Waals surface area contributed by atoms with Gasteiger partial charge >= 0.3 is 0 Å². The molecule has 2 rings (SSSR count). The highest BCUT2D eigenvalue weighted by atomic mass is 32.2. The van der Waals surface area contributed by atoms with Crippen molar-refractivity contribution in [3.05, 3.63) is 0 Å². The molecule has 0 aromatic carbocycles. The summed E-state index contributed by atoms with van der Waals surface area (Å²) >= 11 is 0. The number of likely N-dealkylation sites (tertiary alicyclic amines) is 1. The second-order valence-corrected chi connectivity index (χ2v) is 6.84. The first kappa shape index (κ1) is 12.8. The molecule has 1 aliphatic heterocycles. The zero-order chi connectivity index (χ0) is 12.5. The molecule has 1 heterocycles. The maximum atomic E-state index is 11.6. The van der Waals surface area contributed by atoms with Crippen molar-refractivity contribution in [2.24, 2.45) is 5.73 Å². The fourth-order valence-corrected chi connectivity index (χ4v) is 3.27. The van der Waals surface area contributed by atoms with Gasteiger partial charge in [0.05, 0.1) is 11.8 Å². The molecule has 1 saturated heterocycles. The van der Waals surface area contributed by atoms with Gasteiger partial charge in [-0.05, 0) is 25.7 Å². The Morgan fingerprint density at radius 1 is 1.24 bits per heavy atom. The lowest BCUT2D eigenvalue weighted by Gasteiger charge is -2.29. The number of nitrogens with one attached hydrogen (secondary N) is 1. The van der Waals surface area contributed by atoms with Gasteiger partial charge in [-0.15, -0.1) is 0 Å². The molecule has 2 fully saturated rings. The highest BCUT2D eigenvalue weighted by Gasteiger charge is 2.37. The Morgan fingerprint density at radius 3 is 2.35 bits per heavy atom. The van der Waals surface area contributed by atoms with Crippen molar-refractivity contribution in [1.82, 2.24) is 9.62 Å². The molecular weight excluding hydrogens is 242 g/mol. The first-order valence-corrected chi connectivity index (χ1v) is 7.54. The third-order valence-corrected chi connectivity index (χ3v) is 5.08. The summed E-state index contributed by atoms with van der Waals surface area (Å²) < 4.78 is 25.2. The lowest BCUT2D eigenvalue weighted by molar-refractivity contribution is -0.120. The van der Waals surface area contributed by atoms with Gasteiger partial charge in [0, 0.05) is 19.1 Å². The molecule has 3 N–H and O–H groups in total. The van der Waals surface area contributed by atoms with Crippen LogP contribution in [0, 0.1) is 0 Å². The third kappa shape index (κ3) is 3.65. The SMILES string of the molecule is NC1CCN(CC(=O)NS(=O)(=O)C2CC2)CC1. The molecule has 7 heteroatoms. The van der Waals surface area contributed by atoms with Crippen LogP contribution in [0.2, 0.25) is 0 Å². The van der Waals surface area contributed by atoms with Gasteiger partial charge in [-0.2, -0.15) is 0 Å². The fourth-order valence-electron chi connectivity index (χ4n) is 1.97. The minimum Gasteiger partial charge on any atom is -0.328 e. The normalized spacial score (nSPS) is 23.6. The lowest BCUT2D eigenvalue weighted by atomic mass is 10.1. The van der Waals surface area contributed by atoms with Crippen LogP contribution in [0.5, 0.6) is 0 Å². The van der Waals surface area contributed by atoms with Gasteiger partial charge in [-0.1, -0.05) is 0 Å². The molecule has 1 saturated carbocycles. The standard InChI is InChI=1S/C10H19N3O3S/c11-8-3-5-13(6-4-8)7-10(14)12-17(15,16)9-1-2-9/h8-9H,1-7,11H2,(H,12,14). The van der Waals surface area contributed by atoms with Gasteiger partial charge in [0.15, 0.2) is 0 Å². The second kappa shape index (κ2) is 4.91. The summed E-state index contributed by atoms with van der Waals surface area (Å²) in [5, 5.41) is -0.346. The summed E-state index contributed by atoms with van der Waals surface area (Å²) in [5.74, 6) is -0.424. The van der Waals surface area contributed by atoms with E-state index in [1.54, 1.807) is 0 Å². The van der Waals surface area contributed by atoms with Gasteiger partial charge in [0.1, 0.15) is 0 Å². The summed E-state index contributed by atoms with van der Waals surface area (Å²) in [6.07, 6.45) is 3.06. The van der Waals surface area contributed by atoms with Gasteiger partial charge in [-0.25, -0.2) is 8.42 Å². The highest BCUT2D eigenvalue weighted by molar-refractivity contribution is 7.90. The number of sulfonamides is 1. The second-order valence-electron chi connectivity index (χ2n) is 4.88. The van der Waals surface area contributed by atoms with Crippen molar-refractivity contribution in [2.75, 3.05) is 19.6 Å². The third-order valence-electron chi connectivity index (χ3n) is 3.22.